The van der Waals surface area contributed by atoms with Gasteiger partial charge in [-0.1, -0.05) is 29.4 Å². The Kier molecular flexibility index (Phi) is 3.16. The molecule has 21 heavy (non-hydrogen) atoms. The molecular formula is C15H15N5S. The molecule has 3 heterocycles. The summed E-state index contributed by atoms with van der Waals surface area (Å²) in [5, 5.41) is 14.4. The maximum absolute atomic E-state index is 4.27. The van der Waals surface area contributed by atoms with Crippen LogP contribution < -0.4 is 4.90 Å². The third-order valence-electron chi connectivity index (χ3n) is 3.84. The van der Waals surface area contributed by atoms with Crippen molar-refractivity contribution >= 4 is 17.3 Å². The SMILES string of the molecule is c1ccc(-n2nnnc2N2CCC[C@@H]2c2cccs2)cc1. The van der Waals surface area contributed by atoms with Gasteiger partial charge in [-0.3, -0.25) is 0 Å². The second-order valence-corrected chi connectivity index (χ2v) is 6.07. The van der Waals surface area contributed by atoms with Crippen LogP contribution in [0.2, 0.25) is 0 Å². The van der Waals surface area contributed by atoms with Crippen molar-refractivity contribution in [1.29, 1.82) is 0 Å². The molecule has 0 radical (unpaired) electrons. The number of rotatable bonds is 3. The van der Waals surface area contributed by atoms with Crippen LogP contribution in [0.15, 0.2) is 47.8 Å². The zero-order chi connectivity index (χ0) is 14.1. The van der Waals surface area contributed by atoms with Gasteiger partial charge in [0.1, 0.15) is 0 Å². The average Bonchev–Trinajstić information content (AvgIpc) is 3.27. The molecule has 1 fully saturated rings. The minimum atomic E-state index is 0.387. The maximum atomic E-state index is 4.27. The third-order valence-corrected chi connectivity index (χ3v) is 4.81. The van der Waals surface area contributed by atoms with E-state index < -0.39 is 0 Å². The summed E-state index contributed by atoms with van der Waals surface area (Å²) in [4.78, 5) is 3.70. The van der Waals surface area contributed by atoms with Crippen molar-refractivity contribution in [3.8, 4) is 5.69 Å². The van der Waals surface area contributed by atoms with E-state index in [1.807, 2.05) is 35.0 Å². The van der Waals surface area contributed by atoms with Crippen molar-refractivity contribution in [3.63, 3.8) is 0 Å². The molecule has 1 aliphatic rings. The van der Waals surface area contributed by atoms with Gasteiger partial charge in [0.2, 0.25) is 0 Å². The Morgan fingerprint density at radius 3 is 2.81 bits per heavy atom. The van der Waals surface area contributed by atoms with Crippen LogP contribution in [-0.4, -0.2) is 26.8 Å². The van der Waals surface area contributed by atoms with E-state index in [9.17, 15) is 0 Å². The standard InChI is InChI=1S/C15H15N5S/c1-2-6-12(7-3-1)20-15(16-17-18-20)19-10-4-8-13(19)14-9-5-11-21-14/h1-3,5-7,9,11,13H,4,8,10H2/t13-/m1/s1. The predicted molar refractivity (Wildman–Crippen MR) is 82.8 cm³/mol. The summed E-state index contributed by atoms with van der Waals surface area (Å²) < 4.78 is 1.83. The van der Waals surface area contributed by atoms with E-state index in [0.717, 1.165) is 24.6 Å². The minimum absolute atomic E-state index is 0.387. The minimum Gasteiger partial charge on any atom is -0.332 e. The Morgan fingerprint density at radius 1 is 1.10 bits per heavy atom. The molecule has 5 nitrogen and oxygen atoms in total. The summed E-state index contributed by atoms with van der Waals surface area (Å²) in [5.74, 6) is 0.831. The number of para-hydroxylation sites is 1. The van der Waals surface area contributed by atoms with E-state index in [0.29, 0.717) is 6.04 Å². The van der Waals surface area contributed by atoms with Crippen molar-refractivity contribution in [2.45, 2.75) is 18.9 Å². The lowest BCUT2D eigenvalue weighted by atomic mass is 10.2. The first-order valence-corrected chi connectivity index (χ1v) is 7.95. The molecule has 106 valence electrons. The molecule has 1 saturated heterocycles. The fraction of sp³-hybridized carbons (Fsp3) is 0.267. The molecule has 0 bridgehead atoms. The van der Waals surface area contributed by atoms with Crippen LogP contribution in [0.1, 0.15) is 23.8 Å². The molecule has 0 amide bonds. The van der Waals surface area contributed by atoms with Gasteiger partial charge in [-0.15, -0.1) is 11.3 Å². The van der Waals surface area contributed by atoms with Crippen molar-refractivity contribution in [2.24, 2.45) is 0 Å². The van der Waals surface area contributed by atoms with Crippen LogP contribution in [0.4, 0.5) is 5.95 Å². The highest BCUT2D eigenvalue weighted by molar-refractivity contribution is 7.10. The molecule has 2 aromatic heterocycles. The van der Waals surface area contributed by atoms with E-state index >= 15 is 0 Å². The molecular weight excluding hydrogens is 282 g/mol. The van der Waals surface area contributed by atoms with Gasteiger partial charge in [0.05, 0.1) is 11.7 Å². The first-order valence-electron chi connectivity index (χ1n) is 7.07. The van der Waals surface area contributed by atoms with Gasteiger partial charge < -0.3 is 4.90 Å². The highest BCUT2D eigenvalue weighted by Gasteiger charge is 2.30. The van der Waals surface area contributed by atoms with E-state index in [1.165, 1.54) is 11.3 Å². The summed E-state index contributed by atoms with van der Waals surface area (Å²) in [6.07, 6.45) is 2.33. The Balaban J connectivity index is 1.72. The lowest BCUT2D eigenvalue weighted by Gasteiger charge is -2.24. The fourth-order valence-electron chi connectivity index (χ4n) is 2.88. The van der Waals surface area contributed by atoms with E-state index in [-0.39, 0.29) is 0 Å². The lowest BCUT2D eigenvalue weighted by Crippen LogP contribution is -2.25. The van der Waals surface area contributed by atoms with Crippen molar-refractivity contribution in [2.75, 3.05) is 11.4 Å². The number of hydrogen-bond donors (Lipinski definition) is 0. The second kappa shape index (κ2) is 5.29. The molecule has 6 heteroatoms. The Hall–Kier alpha value is -2.21. The maximum Gasteiger partial charge on any atom is 0.250 e. The van der Waals surface area contributed by atoms with Crippen molar-refractivity contribution in [1.82, 2.24) is 20.2 Å². The third kappa shape index (κ3) is 2.21. The molecule has 1 aliphatic heterocycles. The summed E-state index contributed by atoms with van der Waals surface area (Å²) in [6, 6.07) is 14.7. The highest BCUT2D eigenvalue weighted by Crippen LogP contribution is 2.37. The number of thiophene rings is 1. The number of aromatic nitrogens is 4. The number of hydrogen-bond acceptors (Lipinski definition) is 5. The molecule has 0 spiro atoms. The van der Waals surface area contributed by atoms with Gasteiger partial charge in [-0.25, -0.2) is 0 Å². The molecule has 0 saturated carbocycles. The second-order valence-electron chi connectivity index (χ2n) is 5.09. The molecule has 0 N–H and O–H groups in total. The first-order chi connectivity index (χ1) is 10.4. The number of anilines is 1. The number of nitrogens with zero attached hydrogens (tertiary/aromatic N) is 5. The monoisotopic (exact) mass is 297 g/mol. The molecule has 0 unspecified atom stereocenters. The van der Waals surface area contributed by atoms with E-state index in [1.54, 1.807) is 11.3 Å². The smallest absolute Gasteiger partial charge is 0.250 e. The molecule has 3 aromatic rings. The largest absolute Gasteiger partial charge is 0.332 e. The van der Waals surface area contributed by atoms with E-state index in [4.69, 9.17) is 0 Å². The van der Waals surface area contributed by atoms with Crippen LogP contribution in [-0.2, 0) is 0 Å². The van der Waals surface area contributed by atoms with Gasteiger partial charge in [-0.2, -0.15) is 4.68 Å². The molecule has 4 rings (SSSR count). The Labute approximate surface area is 126 Å². The van der Waals surface area contributed by atoms with Crippen LogP contribution in [0.5, 0.6) is 0 Å². The first kappa shape index (κ1) is 12.5. The van der Waals surface area contributed by atoms with Crippen LogP contribution >= 0.6 is 11.3 Å². The highest BCUT2D eigenvalue weighted by atomic mass is 32.1. The van der Waals surface area contributed by atoms with Gasteiger partial charge in [0.25, 0.3) is 5.95 Å². The number of benzene rings is 1. The summed E-state index contributed by atoms with van der Waals surface area (Å²) >= 11 is 1.80. The number of tetrazole rings is 1. The zero-order valence-electron chi connectivity index (χ0n) is 11.5. The van der Waals surface area contributed by atoms with Gasteiger partial charge in [-0.05, 0) is 46.8 Å². The van der Waals surface area contributed by atoms with E-state index in [2.05, 4.69) is 37.9 Å². The topological polar surface area (TPSA) is 46.8 Å². The summed E-state index contributed by atoms with van der Waals surface area (Å²) in [7, 11) is 0. The van der Waals surface area contributed by atoms with Crippen molar-refractivity contribution < 1.29 is 0 Å². The van der Waals surface area contributed by atoms with Crippen molar-refractivity contribution in [3.05, 3.63) is 52.7 Å². The quantitative estimate of drug-likeness (QED) is 0.745. The van der Waals surface area contributed by atoms with Gasteiger partial charge >= 0.3 is 0 Å². The summed E-state index contributed by atoms with van der Waals surface area (Å²) in [5.41, 5.74) is 0.995. The predicted octanol–water partition coefficient (Wildman–Crippen LogP) is 3.07. The normalized spacial score (nSPS) is 18.3. The average molecular weight is 297 g/mol. The van der Waals surface area contributed by atoms with Crippen LogP contribution in [0.3, 0.4) is 0 Å². The molecule has 1 atom stereocenters. The lowest BCUT2D eigenvalue weighted by molar-refractivity contribution is 0.698. The zero-order valence-corrected chi connectivity index (χ0v) is 12.3. The fourth-order valence-corrected chi connectivity index (χ4v) is 3.75. The molecule has 0 aliphatic carbocycles. The van der Waals surface area contributed by atoms with Crippen LogP contribution in [0.25, 0.3) is 5.69 Å². The molecule has 1 aromatic carbocycles. The van der Waals surface area contributed by atoms with Gasteiger partial charge in [0, 0.05) is 11.4 Å². The summed E-state index contributed by atoms with van der Waals surface area (Å²) in [6.45, 7) is 0.996. The Morgan fingerprint density at radius 2 is 2.00 bits per heavy atom. The Bertz CT molecular complexity index is 707. The van der Waals surface area contributed by atoms with Gasteiger partial charge in [0.15, 0.2) is 0 Å². The van der Waals surface area contributed by atoms with Crippen LogP contribution in [0, 0.1) is 0 Å².